The number of hydrogen-bond acceptors (Lipinski definition) is 2. The van der Waals surface area contributed by atoms with Crippen molar-refractivity contribution in [1.82, 2.24) is 5.32 Å². The molecule has 1 unspecified atom stereocenters. The predicted octanol–water partition coefficient (Wildman–Crippen LogP) is 3.11. The summed E-state index contributed by atoms with van der Waals surface area (Å²) in [4.78, 5) is 1.33. The molecule has 0 fully saturated rings. The van der Waals surface area contributed by atoms with Crippen LogP contribution in [0, 0.1) is 0 Å². The molecular weight excluding hydrogens is 202 g/mol. The standard InChI is InChI=1S/C10H14ClNS/c1-3-8(2)12-7-6-9-4-5-10(11)13-9/h3-5,8,12H,1,6-7H2,2H3. The van der Waals surface area contributed by atoms with Crippen molar-refractivity contribution >= 4 is 22.9 Å². The maximum atomic E-state index is 5.81. The molecular formula is C10H14ClNS. The molecule has 0 bridgehead atoms. The Morgan fingerprint density at radius 2 is 2.46 bits per heavy atom. The summed E-state index contributed by atoms with van der Waals surface area (Å²) in [5, 5.41) is 3.34. The molecule has 1 aromatic rings. The van der Waals surface area contributed by atoms with E-state index in [0.29, 0.717) is 6.04 Å². The number of nitrogens with one attached hydrogen (secondary N) is 1. The summed E-state index contributed by atoms with van der Waals surface area (Å²) in [6.45, 7) is 6.78. The molecule has 0 radical (unpaired) electrons. The van der Waals surface area contributed by atoms with Gasteiger partial charge in [0.15, 0.2) is 0 Å². The van der Waals surface area contributed by atoms with Gasteiger partial charge in [-0.1, -0.05) is 17.7 Å². The Balaban J connectivity index is 2.23. The molecule has 1 aromatic heterocycles. The van der Waals surface area contributed by atoms with Crippen LogP contribution in [-0.4, -0.2) is 12.6 Å². The molecule has 1 rings (SSSR count). The van der Waals surface area contributed by atoms with E-state index >= 15 is 0 Å². The smallest absolute Gasteiger partial charge is 0.0931 e. The summed E-state index contributed by atoms with van der Waals surface area (Å²) in [6.07, 6.45) is 2.94. The highest BCUT2D eigenvalue weighted by atomic mass is 35.5. The summed E-state index contributed by atoms with van der Waals surface area (Å²) in [5.41, 5.74) is 0. The SMILES string of the molecule is C=CC(C)NCCc1ccc(Cl)s1. The maximum Gasteiger partial charge on any atom is 0.0931 e. The Morgan fingerprint density at radius 3 is 3.00 bits per heavy atom. The minimum Gasteiger partial charge on any atom is -0.310 e. The second-order valence-corrected chi connectivity index (χ2v) is 4.73. The Kier molecular flexibility index (Phi) is 4.50. The molecule has 0 spiro atoms. The molecule has 0 aliphatic carbocycles. The van der Waals surface area contributed by atoms with Crippen LogP contribution in [0.15, 0.2) is 24.8 Å². The minimum atomic E-state index is 0.385. The molecule has 0 aliphatic heterocycles. The number of hydrogen-bond donors (Lipinski definition) is 1. The molecule has 0 aromatic carbocycles. The predicted molar refractivity (Wildman–Crippen MR) is 60.7 cm³/mol. The van der Waals surface area contributed by atoms with Crippen molar-refractivity contribution in [2.75, 3.05) is 6.54 Å². The second kappa shape index (κ2) is 5.43. The Labute approximate surface area is 88.4 Å². The van der Waals surface area contributed by atoms with E-state index in [4.69, 9.17) is 11.6 Å². The van der Waals surface area contributed by atoms with Crippen LogP contribution in [-0.2, 0) is 6.42 Å². The summed E-state index contributed by atoms with van der Waals surface area (Å²) in [6, 6.07) is 4.40. The molecule has 1 N–H and O–H groups in total. The van der Waals surface area contributed by atoms with Gasteiger partial charge in [0.1, 0.15) is 0 Å². The van der Waals surface area contributed by atoms with Crippen LogP contribution in [0.25, 0.3) is 0 Å². The maximum absolute atomic E-state index is 5.81. The highest BCUT2D eigenvalue weighted by molar-refractivity contribution is 7.16. The first-order valence-electron chi connectivity index (χ1n) is 4.32. The van der Waals surface area contributed by atoms with Crippen LogP contribution in [0.4, 0.5) is 0 Å². The van der Waals surface area contributed by atoms with E-state index < -0.39 is 0 Å². The van der Waals surface area contributed by atoms with Gasteiger partial charge in [-0.15, -0.1) is 17.9 Å². The first-order chi connectivity index (χ1) is 6.22. The van der Waals surface area contributed by atoms with Gasteiger partial charge in [0.25, 0.3) is 0 Å². The van der Waals surface area contributed by atoms with E-state index in [9.17, 15) is 0 Å². The number of thiophene rings is 1. The van der Waals surface area contributed by atoms with Crippen molar-refractivity contribution in [2.24, 2.45) is 0 Å². The zero-order valence-corrected chi connectivity index (χ0v) is 9.29. The Hall–Kier alpha value is -0.310. The summed E-state index contributed by atoms with van der Waals surface area (Å²) >= 11 is 7.46. The van der Waals surface area contributed by atoms with E-state index in [1.165, 1.54) is 4.88 Å². The van der Waals surface area contributed by atoms with Crippen LogP contribution in [0.1, 0.15) is 11.8 Å². The monoisotopic (exact) mass is 215 g/mol. The lowest BCUT2D eigenvalue weighted by molar-refractivity contribution is 0.636. The van der Waals surface area contributed by atoms with Crippen molar-refractivity contribution in [1.29, 1.82) is 0 Å². The van der Waals surface area contributed by atoms with Crippen molar-refractivity contribution in [3.8, 4) is 0 Å². The number of rotatable bonds is 5. The minimum absolute atomic E-state index is 0.385. The molecule has 0 aliphatic rings. The molecule has 1 nitrogen and oxygen atoms in total. The van der Waals surface area contributed by atoms with Gasteiger partial charge >= 0.3 is 0 Å². The van der Waals surface area contributed by atoms with Gasteiger partial charge in [-0.05, 0) is 25.5 Å². The molecule has 3 heteroatoms. The lowest BCUT2D eigenvalue weighted by Gasteiger charge is -2.07. The summed E-state index contributed by atoms with van der Waals surface area (Å²) < 4.78 is 0.867. The van der Waals surface area contributed by atoms with Crippen LogP contribution in [0.3, 0.4) is 0 Å². The van der Waals surface area contributed by atoms with Crippen molar-refractivity contribution in [2.45, 2.75) is 19.4 Å². The fourth-order valence-corrected chi connectivity index (χ4v) is 2.08. The van der Waals surface area contributed by atoms with Gasteiger partial charge in [-0.3, -0.25) is 0 Å². The van der Waals surface area contributed by atoms with E-state index in [0.717, 1.165) is 17.3 Å². The zero-order valence-electron chi connectivity index (χ0n) is 7.72. The van der Waals surface area contributed by atoms with E-state index in [1.54, 1.807) is 11.3 Å². The average molecular weight is 216 g/mol. The summed E-state index contributed by atoms with van der Waals surface area (Å²) in [5.74, 6) is 0. The molecule has 0 saturated heterocycles. The van der Waals surface area contributed by atoms with Gasteiger partial charge in [0.2, 0.25) is 0 Å². The van der Waals surface area contributed by atoms with E-state index in [1.807, 2.05) is 12.1 Å². The summed E-state index contributed by atoms with van der Waals surface area (Å²) in [7, 11) is 0. The van der Waals surface area contributed by atoms with Gasteiger partial charge < -0.3 is 5.32 Å². The first-order valence-corrected chi connectivity index (χ1v) is 5.52. The fourth-order valence-electron chi connectivity index (χ4n) is 0.992. The molecule has 1 heterocycles. The van der Waals surface area contributed by atoms with Gasteiger partial charge in [0, 0.05) is 17.5 Å². The second-order valence-electron chi connectivity index (χ2n) is 2.93. The first kappa shape index (κ1) is 10.8. The molecule has 0 saturated carbocycles. The van der Waals surface area contributed by atoms with Gasteiger partial charge in [0.05, 0.1) is 4.34 Å². The van der Waals surface area contributed by atoms with Crippen molar-refractivity contribution in [3.63, 3.8) is 0 Å². The molecule has 13 heavy (non-hydrogen) atoms. The van der Waals surface area contributed by atoms with E-state index in [2.05, 4.69) is 24.9 Å². The lowest BCUT2D eigenvalue weighted by Crippen LogP contribution is -2.25. The Morgan fingerprint density at radius 1 is 1.69 bits per heavy atom. The highest BCUT2D eigenvalue weighted by Crippen LogP contribution is 2.21. The van der Waals surface area contributed by atoms with Crippen LogP contribution in [0.2, 0.25) is 4.34 Å². The van der Waals surface area contributed by atoms with E-state index in [-0.39, 0.29) is 0 Å². The average Bonchev–Trinajstić information content (AvgIpc) is 2.51. The number of halogens is 1. The third-order valence-corrected chi connectivity index (χ3v) is 3.11. The Bertz CT molecular complexity index is 270. The zero-order chi connectivity index (χ0) is 9.68. The lowest BCUT2D eigenvalue weighted by atomic mass is 10.3. The third-order valence-electron chi connectivity index (χ3n) is 1.82. The molecule has 0 amide bonds. The van der Waals surface area contributed by atoms with Crippen LogP contribution in [0.5, 0.6) is 0 Å². The largest absolute Gasteiger partial charge is 0.310 e. The van der Waals surface area contributed by atoms with Gasteiger partial charge in [-0.2, -0.15) is 0 Å². The normalized spacial score (nSPS) is 12.8. The van der Waals surface area contributed by atoms with Crippen molar-refractivity contribution < 1.29 is 0 Å². The topological polar surface area (TPSA) is 12.0 Å². The third kappa shape index (κ3) is 3.94. The quantitative estimate of drug-likeness (QED) is 0.745. The fraction of sp³-hybridized carbons (Fsp3) is 0.400. The van der Waals surface area contributed by atoms with Crippen molar-refractivity contribution in [3.05, 3.63) is 34.0 Å². The van der Waals surface area contributed by atoms with Crippen LogP contribution >= 0.6 is 22.9 Å². The van der Waals surface area contributed by atoms with Gasteiger partial charge in [-0.25, -0.2) is 0 Å². The van der Waals surface area contributed by atoms with Crippen LogP contribution < -0.4 is 5.32 Å². The molecule has 1 atom stereocenters. The molecule has 72 valence electrons. The highest BCUT2D eigenvalue weighted by Gasteiger charge is 1.98.